The molecule has 2 atom stereocenters. The number of carbonyl (C=O) groups excluding carboxylic acids is 1. The van der Waals surface area contributed by atoms with Crippen LogP contribution in [-0.2, 0) is 0 Å². The molecular formula is C14H26N2O. The summed E-state index contributed by atoms with van der Waals surface area (Å²) in [5.41, 5.74) is 0. The second kappa shape index (κ2) is 6.27. The van der Waals surface area contributed by atoms with E-state index >= 15 is 0 Å². The van der Waals surface area contributed by atoms with Gasteiger partial charge in [0.2, 0.25) is 0 Å². The van der Waals surface area contributed by atoms with Gasteiger partial charge < -0.3 is 10.6 Å². The number of urea groups is 1. The van der Waals surface area contributed by atoms with Gasteiger partial charge in [0.15, 0.2) is 0 Å². The molecule has 0 bridgehead atoms. The summed E-state index contributed by atoms with van der Waals surface area (Å²) in [5.74, 6) is 0.640. The minimum Gasteiger partial charge on any atom is -0.335 e. The van der Waals surface area contributed by atoms with E-state index in [1.54, 1.807) is 0 Å². The zero-order valence-electron chi connectivity index (χ0n) is 11.0. The molecule has 2 N–H and O–H groups in total. The Kier molecular flexibility index (Phi) is 4.69. The van der Waals surface area contributed by atoms with E-state index in [0.717, 1.165) is 19.3 Å². The lowest BCUT2D eigenvalue weighted by Crippen LogP contribution is -2.49. The van der Waals surface area contributed by atoms with Crippen LogP contribution in [0.15, 0.2) is 0 Å². The normalized spacial score (nSPS) is 30.9. The molecule has 0 unspecified atom stereocenters. The maximum atomic E-state index is 11.9. The van der Waals surface area contributed by atoms with E-state index in [1.807, 2.05) is 0 Å². The minimum absolute atomic E-state index is 0.0654. The summed E-state index contributed by atoms with van der Waals surface area (Å²) in [4.78, 5) is 11.9. The van der Waals surface area contributed by atoms with Crippen molar-refractivity contribution in [2.24, 2.45) is 5.92 Å². The van der Waals surface area contributed by atoms with Crippen LogP contribution in [-0.4, -0.2) is 18.1 Å². The second-order valence-corrected chi connectivity index (χ2v) is 5.82. The van der Waals surface area contributed by atoms with Gasteiger partial charge in [0.1, 0.15) is 0 Å². The van der Waals surface area contributed by atoms with Gasteiger partial charge in [-0.25, -0.2) is 4.79 Å². The Balaban J connectivity index is 1.72. The summed E-state index contributed by atoms with van der Waals surface area (Å²) in [5, 5.41) is 6.30. The monoisotopic (exact) mass is 238 g/mol. The standard InChI is InChI=1S/C14H26N2O/c1-11-7-5-6-10-13(11)16-14(17)15-12-8-3-2-4-9-12/h11-13H,2-10H2,1H3,(H2,15,16,17)/t11-,13-/m0/s1. The molecule has 3 heteroatoms. The topological polar surface area (TPSA) is 41.1 Å². The first-order valence-electron chi connectivity index (χ1n) is 7.33. The Morgan fingerprint density at radius 2 is 1.53 bits per heavy atom. The average Bonchev–Trinajstić information content (AvgIpc) is 2.33. The highest BCUT2D eigenvalue weighted by atomic mass is 16.2. The third-order valence-electron chi connectivity index (χ3n) is 4.37. The van der Waals surface area contributed by atoms with E-state index in [2.05, 4.69) is 17.6 Å². The van der Waals surface area contributed by atoms with Gasteiger partial charge in [-0.1, -0.05) is 39.0 Å². The number of carbonyl (C=O) groups is 1. The van der Waals surface area contributed by atoms with Crippen LogP contribution in [0.1, 0.15) is 64.7 Å². The highest BCUT2D eigenvalue weighted by Gasteiger charge is 2.23. The lowest BCUT2D eigenvalue weighted by atomic mass is 9.86. The molecule has 2 amide bonds. The number of amides is 2. The Hall–Kier alpha value is -0.730. The van der Waals surface area contributed by atoms with Gasteiger partial charge in [0.05, 0.1) is 0 Å². The highest BCUT2D eigenvalue weighted by molar-refractivity contribution is 5.74. The molecule has 2 aliphatic rings. The van der Waals surface area contributed by atoms with E-state index in [4.69, 9.17) is 0 Å². The zero-order chi connectivity index (χ0) is 12.1. The van der Waals surface area contributed by atoms with Crippen molar-refractivity contribution in [3.63, 3.8) is 0 Å². The summed E-state index contributed by atoms with van der Waals surface area (Å²) in [6, 6.07) is 0.880. The molecule has 0 radical (unpaired) electrons. The molecule has 0 aromatic heterocycles. The van der Waals surface area contributed by atoms with Crippen LogP contribution in [0.3, 0.4) is 0 Å². The largest absolute Gasteiger partial charge is 0.335 e. The lowest BCUT2D eigenvalue weighted by molar-refractivity contribution is 0.214. The van der Waals surface area contributed by atoms with Gasteiger partial charge in [-0.05, 0) is 31.6 Å². The van der Waals surface area contributed by atoms with Gasteiger partial charge in [0.25, 0.3) is 0 Å². The van der Waals surface area contributed by atoms with E-state index in [-0.39, 0.29) is 6.03 Å². The molecule has 0 aromatic rings. The molecule has 0 saturated heterocycles. The van der Waals surface area contributed by atoms with Crippen molar-refractivity contribution in [3.05, 3.63) is 0 Å². The fourth-order valence-electron chi connectivity index (χ4n) is 3.17. The van der Waals surface area contributed by atoms with Crippen LogP contribution >= 0.6 is 0 Å². The van der Waals surface area contributed by atoms with Gasteiger partial charge in [0, 0.05) is 12.1 Å². The second-order valence-electron chi connectivity index (χ2n) is 5.82. The third kappa shape index (κ3) is 3.90. The minimum atomic E-state index is 0.0654. The summed E-state index contributed by atoms with van der Waals surface area (Å²) in [7, 11) is 0. The molecule has 2 rings (SSSR count). The Labute approximate surface area is 105 Å². The van der Waals surface area contributed by atoms with Crippen molar-refractivity contribution in [1.29, 1.82) is 0 Å². The van der Waals surface area contributed by atoms with E-state index < -0.39 is 0 Å². The molecular weight excluding hydrogens is 212 g/mol. The molecule has 2 saturated carbocycles. The van der Waals surface area contributed by atoms with Gasteiger partial charge in [-0.2, -0.15) is 0 Å². The summed E-state index contributed by atoms with van der Waals surface area (Å²) in [6.45, 7) is 2.25. The lowest BCUT2D eigenvalue weighted by Gasteiger charge is -2.31. The molecule has 98 valence electrons. The van der Waals surface area contributed by atoms with E-state index in [9.17, 15) is 4.79 Å². The number of hydrogen-bond donors (Lipinski definition) is 2. The highest BCUT2D eigenvalue weighted by Crippen LogP contribution is 2.23. The van der Waals surface area contributed by atoms with Crippen molar-refractivity contribution in [2.75, 3.05) is 0 Å². The third-order valence-corrected chi connectivity index (χ3v) is 4.37. The van der Waals surface area contributed by atoms with Gasteiger partial charge in [-0.15, -0.1) is 0 Å². The Morgan fingerprint density at radius 1 is 0.882 bits per heavy atom. The first kappa shape index (κ1) is 12.7. The van der Waals surface area contributed by atoms with Crippen LogP contribution in [0.4, 0.5) is 4.79 Å². The van der Waals surface area contributed by atoms with Crippen molar-refractivity contribution < 1.29 is 4.79 Å². The van der Waals surface area contributed by atoms with Gasteiger partial charge >= 0.3 is 6.03 Å². The molecule has 17 heavy (non-hydrogen) atoms. The SMILES string of the molecule is C[C@H]1CCCC[C@@H]1NC(=O)NC1CCCCC1. The van der Waals surface area contributed by atoms with Crippen LogP contribution in [0, 0.1) is 5.92 Å². The van der Waals surface area contributed by atoms with E-state index in [0.29, 0.717) is 18.0 Å². The Bertz CT molecular complexity index is 249. The summed E-state index contributed by atoms with van der Waals surface area (Å²) >= 11 is 0. The van der Waals surface area contributed by atoms with Crippen molar-refractivity contribution in [3.8, 4) is 0 Å². The molecule has 2 aliphatic carbocycles. The smallest absolute Gasteiger partial charge is 0.315 e. The summed E-state index contributed by atoms with van der Waals surface area (Å²) in [6.07, 6.45) is 11.2. The van der Waals surface area contributed by atoms with Gasteiger partial charge in [-0.3, -0.25) is 0 Å². The fourth-order valence-corrected chi connectivity index (χ4v) is 3.17. The average molecular weight is 238 g/mol. The molecule has 0 spiro atoms. The van der Waals surface area contributed by atoms with Crippen molar-refractivity contribution in [2.45, 2.75) is 76.8 Å². The maximum Gasteiger partial charge on any atom is 0.315 e. The predicted molar refractivity (Wildman–Crippen MR) is 70.0 cm³/mol. The zero-order valence-corrected chi connectivity index (χ0v) is 11.0. The van der Waals surface area contributed by atoms with Crippen LogP contribution in [0.25, 0.3) is 0 Å². The number of rotatable bonds is 2. The van der Waals surface area contributed by atoms with Crippen LogP contribution in [0.2, 0.25) is 0 Å². The molecule has 0 aromatic carbocycles. The molecule has 2 fully saturated rings. The number of hydrogen-bond acceptors (Lipinski definition) is 1. The fraction of sp³-hybridized carbons (Fsp3) is 0.929. The first-order valence-corrected chi connectivity index (χ1v) is 7.33. The first-order chi connectivity index (χ1) is 8.25. The van der Waals surface area contributed by atoms with E-state index in [1.165, 1.54) is 38.5 Å². The Morgan fingerprint density at radius 3 is 2.24 bits per heavy atom. The van der Waals surface area contributed by atoms with Crippen LogP contribution < -0.4 is 10.6 Å². The molecule has 0 heterocycles. The maximum absolute atomic E-state index is 11.9. The number of nitrogens with one attached hydrogen (secondary N) is 2. The molecule has 0 aliphatic heterocycles. The molecule has 3 nitrogen and oxygen atoms in total. The van der Waals surface area contributed by atoms with Crippen LogP contribution in [0.5, 0.6) is 0 Å². The van der Waals surface area contributed by atoms with Crippen molar-refractivity contribution in [1.82, 2.24) is 10.6 Å². The summed E-state index contributed by atoms with van der Waals surface area (Å²) < 4.78 is 0. The quantitative estimate of drug-likeness (QED) is 0.762. The predicted octanol–water partition coefficient (Wildman–Crippen LogP) is 3.20. The van der Waals surface area contributed by atoms with Crippen molar-refractivity contribution >= 4 is 6.03 Å².